The van der Waals surface area contributed by atoms with E-state index in [9.17, 15) is 8.42 Å². The van der Waals surface area contributed by atoms with Crippen LogP contribution in [0.2, 0.25) is 0 Å². The first-order valence-corrected chi connectivity index (χ1v) is 10.9. The lowest BCUT2D eigenvalue weighted by atomic mass is 9.99. The van der Waals surface area contributed by atoms with Gasteiger partial charge in [-0.05, 0) is 47.7 Å². The minimum atomic E-state index is -3.69. The van der Waals surface area contributed by atoms with Crippen molar-refractivity contribution in [1.82, 2.24) is 9.29 Å². The van der Waals surface area contributed by atoms with Crippen molar-refractivity contribution in [2.24, 2.45) is 0 Å². The Kier molecular flexibility index (Phi) is 6.27. The molecule has 0 bridgehead atoms. The normalized spacial score (nSPS) is 14.0. The number of nitrogens with zero attached hydrogens (tertiary/aromatic N) is 2. The van der Waals surface area contributed by atoms with E-state index in [2.05, 4.69) is 18.8 Å². The second-order valence-corrected chi connectivity index (χ2v) is 8.96. The minimum Gasteiger partial charge on any atom is -0.259 e. The van der Waals surface area contributed by atoms with Gasteiger partial charge in [-0.25, -0.2) is 8.42 Å². The Morgan fingerprint density at radius 1 is 0.893 bits per heavy atom. The summed E-state index contributed by atoms with van der Waals surface area (Å²) in [6, 6.07) is 21.9. The molecule has 146 valence electrons. The highest BCUT2D eigenvalue weighted by molar-refractivity contribution is 7.89. The maximum Gasteiger partial charge on any atom is 0.243 e. The van der Waals surface area contributed by atoms with Gasteiger partial charge in [0.1, 0.15) is 0 Å². The van der Waals surface area contributed by atoms with Crippen LogP contribution in [-0.2, 0) is 10.0 Å². The van der Waals surface area contributed by atoms with Crippen molar-refractivity contribution in [2.75, 3.05) is 7.05 Å². The quantitative estimate of drug-likeness (QED) is 0.566. The Bertz CT molecular complexity index is 948. The summed E-state index contributed by atoms with van der Waals surface area (Å²) in [7, 11) is -2.08. The molecule has 0 aliphatic rings. The summed E-state index contributed by atoms with van der Waals surface area (Å²) in [6.07, 6.45) is 2.70. The molecule has 3 rings (SSSR count). The molecule has 0 saturated carbocycles. The summed E-state index contributed by atoms with van der Waals surface area (Å²) in [5.74, 6) is 0.403. The zero-order valence-corrected chi connectivity index (χ0v) is 17.3. The zero-order valence-electron chi connectivity index (χ0n) is 16.5. The number of sulfonamides is 1. The molecular formula is C23H26N2O2S. The van der Waals surface area contributed by atoms with E-state index in [1.807, 2.05) is 60.7 Å². The number of aromatic nitrogens is 1. The van der Waals surface area contributed by atoms with Crippen molar-refractivity contribution in [3.05, 3.63) is 95.8 Å². The molecule has 0 fully saturated rings. The predicted molar refractivity (Wildman–Crippen MR) is 113 cm³/mol. The highest BCUT2D eigenvalue weighted by Gasteiger charge is 2.31. The second-order valence-electron chi connectivity index (χ2n) is 6.97. The molecule has 5 heteroatoms. The first kappa shape index (κ1) is 20.2. The summed E-state index contributed by atoms with van der Waals surface area (Å²) in [5.41, 5.74) is 2.72. The lowest BCUT2D eigenvalue weighted by molar-refractivity contribution is 0.412. The van der Waals surface area contributed by atoms with Crippen LogP contribution in [0.3, 0.4) is 0 Å². The van der Waals surface area contributed by atoms with Gasteiger partial charge < -0.3 is 0 Å². The van der Waals surface area contributed by atoms with Gasteiger partial charge in [0.2, 0.25) is 10.0 Å². The van der Waals surface area contributed by atoms with Crippen LogP contribution in [0.25, 0.3) is 0 Å². The number of benzene rings is 2. The molecule has 1 aromatic heterocycles. The molecule has 0 radical (unpaired) electrons. The van der Waals surface area contributed by atoms with E-state index >= 15 is 0 Å². The fourth-order valence-electron chi connectivity index (χ4n) is 3.25. The lowest BCUT2D eigenvalue weighted by Gasteiger charge is -2.27. The molecule has 1 heterocycles. The molecule has 3 aromatic rings. The first-order valence-electron chi connectivity index (χ1n) is 9.49. The van der Waals surface area contributed by atoms with E-state index in [1.54, 1.807) is 25.4 Å². The van der Waals surface area contributed by atoms with E-state index in [-0.39, 0.29) is 0 Å². The van der Waals surface area contributed by atoms with Crippen LogP contribution >= 0.6 is 0 Å². The van der Waals surface area contributed by atoms with Gasteiger partial charge in [0, 0.05) is 13.2 Å². The molecule has 2 aromatic carbocycles. The molecule has 2 atom stereocenters. The van der Waals surface area contributed by atoms with Gasteiger partial charge in [-0.2, -0.15) is 4.31 Å². The third kappa shape index (κ3) is 4.16. The molecule has 0 N–H and O–H groups in total. The number of rotatable bonds is 7. The molecule has 4 nitrogen and oxygen atoms in total. The van der Waals surface area contributed by atoms with Gasteiger partial charge >= 0.3 is 0 Å². The van der Waals surface area contributed by atoms with E-state index in [0.717, 1.165) is 17.5 Å². The van der Waals surface area contributed by atoms with Crippen molar-refractivity contribution in [1.29, 1.82) is 0 Å². The number of hydrogen-bond acceptors (Lipinski definition) is 3. The van der Waals surface area contributed by atoms with Crippen molar-refractivity contribution in [3.63, 3.8) is 0 Å². The van der Waals surface area contributed by atoms with Crippen molar-refractivity contribution in [2.45, 2.75) is 37.1 Å². The molecular weight excluding hydrogens is 368 g/mol. The Balaban J connectivity index is 2.01. The smallest absolute Gasteiger partial charge is 0.243 e. The van der Waals surface area contributed by atoms with Crippen LogP contribution in [0, 0.1) is 0 Å². The standard InChI is InChI=1S/C23H26N2O2S/c1-4-18(2)19-13-15-21(16-14-19)28(26,27)25(3)23(20-10-6-5-7-11-20)22-12-8-9-17-24-22/h5-18,23H,4H2,1-3H3. The Morgan fingerprint density at radius 3 is 2.11 bits per heavy atom. The summed E-state index contributed by atoms with van der Waals surface area (Å²) >= 11 is 0. The van der Waals surface area contributed by atoms with Crippen LogP contribution in [0.15, 0.2) is 83.9 Å². The van der Waals surface area contributed by atoms with Gasteiger partial charge in [0.15, 0.2) is 0 Å². The Labute approximate surface area is 167 Å². The number of hydrogen-bond donors (Lipinski definition) is 0. The third-order valence-corrected chi connectivity index (χ3v) is 7.02. The van der Waals surface area contributed by atoms with Crippen molar-refractivity contribution < 1.29 is 8.42 Å². The molecule has 0 spiro atoms. The van der Waals surface area contributed by atoms with E-state index in [0.29, 0.717) is 16.5 Å². The monoisotopic (exact) mass is 394 g/mol. The summed E-state index contributed by atoms with van der Waals surface area (Å²) in [5, 5.41) is 0. The SMILES string of the molecule is CCC(C)c1ccc(S(=O)(=O)N(C)C(c2ccccc2)c2ccccn2)cc1. The van der Waals surface area contributed by atoms with Crippen molar-refractivity contribution >= 4 is 10.0 Å². The highest BCUT2D eigenvalue weighted by atomic mass is 32.2. The van der Waals surface area contributed by atoms with Crippen LogP contribution in [-0.4, -0.2) is 24.8 Å². The summed E-state index contributed by atoms with van der Waals surface area (Å²) < 4.78 is 28.1. The van der Waals surface area contributed by atoms with Gasteiger partial charge in [-0.1, -0.05) is 62.4 Å². The maximum absolute atomic E-state index is 13.4. The fraction of sp³-hybridized carbons (Fsp3) is 0.261. The highest BCUT2D eigenvalue weighted by Crippen LogP contribution is 2.31. The second kappa shape index (κ2) is 8.67. The Hall–Kier alpha value is -2.50. The predicted octanol–water partition coefficient (Wildman–Crippen LogP) is 5.01. The van der Waals surface area contributed by atoms with Gasteiger partial charge in [-0.15, -0.1) is 0 Å². The first-order chi connectivity index (χ1) is 13.4. The zero-order chi connectivity index (χ0) is 20.1. The van der Waals surface area contributed by atoms with E-state index in [1.165, 1.54) is 4.31 Å². The fourth-order valence-corrected chi connectivity index (χ4v) is 4.57. The third-order valence-electron chi connectivity index (χ3n) is 5.19. The van der Waals surface area contributed by atoms with Gasteiger partial charge in [0.25, 0.3) is 0 Å². The van der Waals surface area contributed by atoms with Gasteiger partial charge in [0.05, 0.1) is 16.6 Å². The molecule has 2 unspecified atom stereocenters. The maximum atomic E-state index is 13.4. The average Bonchev–Trinajstić information content (AvgIpc) is 2.75. The molecule has 0 aliphatic carbocycles. The molecule has 28 heavy (non-hydrogen) atoms. The molecule has 0 amide bonds. The summed E-state index contributed by atoms with van der Waals surface area (Å²) in [6.45, 7) is 4.27. The largest absolute Gasteiger partial charge is 0.259 e. The van der Waals surface area contributed by atoms with Crippen LogP contribution in [0.1, 0.15) is 49.0 Å². The molecule has 0 saturated heterocycles. The van der Waals surface area contributed by atoms with Crippen LogP contribution in [0.4, 0.5) is 0 Å². The Morgan fingerprint density at radius 2 is 1.54 bits per heavy atom. The van der Waals surface area contributed by atoms with E-state index in [4.69, 9.17) is 0 Å². The van der Waals surface area contributed by atoms with Crippen LogP contribution < -0.4 is 0 Å². The number of pyridine rings is 1. The summed E-state index contributed by atoms with van der Waals surface area (Å²) in [4.78, 5) is 4.72. The van der Waals surface area contributed by atoms with Crippen molar-refractivity contribution in [3.8, 4) is 0 Å². The minimum absolute atomic E-state index is 0.291. The van der Waals surface area contributed by atoms with Gasteiger partial charge in [-0.3, -0.25) is 4.98 Å². The average molecular weight is 395 g/mol. The lowest BCUT2D eigenvalue weighted by Crippen LogP contribution is -2.32. The van der Waals surface area contributed by atoms with E-state index < -0.39 is 16.1 Å². The topological polar surface area (TPSA) is 50.3 Å². The van der Waals surface area contributed by atoms with Crippen LogP contribution in [0.5, 0.6) is 0 Å². The molecule has 0 aliphatic heterocycles.